The Balaban J connectivity index is 2.88. The molecule has 0 aliphatic rings. The molecule has 0 saturated carbocycles. The molecule has 2 nitrogen and oxygen atoms in total. The summed E-state index contributed by atoms with van der Waals surface area (Å²) in [6, 6.07) is 6.30. The summed E-state index contributed by atoms with van der Waals surface area (Å²) in [4.78, 5) is 0. The van der Waals surface area contributed by atoms with Crippen LogP contribution in [0, 0.1) is 6.92 Å². The van der Waals surface area contributed by atoms with Crippen LogP contribution in [0.2, 0.25) is 0 Å². The number of hydrogen-bond acceptors (Lipinski definition) is 2. The molecule has 2 heteroatoms. The van der Waals surface area contributed by atoms with Crippen molar-refractivity contribution in [3.05, 3.63) is 29.3 Å². The van der Waals surface area contributed by atoms with Gasteiger partial charge in [-0.25, -0.2) is 0 Å². The lowest BCUT2D eigenvalue weighted by atomic mass is 10.0. The molecule has 0 unspecified atom stereocenters. The molecule has 0 fully saturated rings. The van der Waals surface area contributed by atoms with E-state index in [-0.39, 0.29) is 6.04 Å². The number of rotatable bonds is 4. The monoisotopic (exact) mass is 193 g/mol. The van der Waals surface area contributed by atoms with E-state index in [1.54, 1.807) is 0 Å². The molecule has 0 bridgehead atoms. The van der Waals surface area contributed by atoms with Gasteiger partial charge in [-0.1, -0.05) is 19.1 Å². The van der Waals surface area contributed by atoms with Crippen molar-refractivity contribution in [3.63, 3.8) is 0 Å². The molecule has 1 aromatic carbocycles. The Morgan fingerprint density at radius 1 is 1.36 bits per heavy atom. The van der Waals surface area contributed by atoms with Gasteiger partial charge in [0.2, 0.25) is 0 Å². The minimum atomic E-state index is 0.143. The smallest absolute Gasteiger partial charge is 0.122 e. The van der Waals surface area contributed by atoms with E-state index in [1.807, 2.05) is 19.1 Å². The molecule has 2 N–H and O–H groups in total. The van der Waals surface area contributed by atoms with E-state index in [1.165, 1.54) is 5.56 Å². The SMILES string of the molecule is CCOc1ccc([C@H](N)CC)cc1C. The van der Waals surface area contributed by atoms with Crippen molar-refractivity contribution in [3.8, 4) is 5.75 Å². The molecular weight excluding hydrogens is 174 g/mol. The van der Waals surface area contributed by atoms with Crippen LogP contribution in [0.5, 0.6) is 5.75 Å². The molecule has 0 spiro atoms. The van der Waals surface area contributed by atoms with Crippen LogP contribution in [0.15, 0.2) is 18.2 Å². The normalized spacial score (nSPS) is 12.6. The van der Waals surface area contributed by atoms with Crippen LogP contribution in [0.25, 0.3) is 0 Å². The number of aryl methyl sites for hydroxylation is 1. The summed E-state index contributed by atoms with van der Waals surface area (Å²) in [5.74, 6) is 0.958. The van der Waals surface area contributed by atoms with Crippen LogP contribution < -0.4 is 10.5 Å². The first kappa shape index (κ1) is 11.1. The topological polar surface area (TPSA) is 35.2 Å². The second-order valence-corrected chi connectivity index (χ2v) is 3.47. The third kappa shape index (κ3) is 2.48. The van der Waals surface area contributed by atoms with E-state index < -0.39 is 0 Å². The van der Waals surface area contributed by atoms with Crippen LogP contribution >= 0.6 is 0 Å². The summed E-state index contributed by atoms with van der Waals surface area (Å²) in [5, 5.41) is 0. The van der Waals surface area contributed by atoms with E-state index >= 15 is 0 Å². The van der Waals surface area contributed by atoms with Crippen LogP contribution in [0.1, 0.15) is 37.4 Å². The average molecular weight is 193 g/mol. The lowest BCUT2D eigenvalue weighted by Gasteiger charge is -2.12. The van der Waals surface area contributed by atoms with E-state index in [9.17, 15) is 0 Å². The van der Waals surface area contributed by atoms with Crippen LogP contribution in [-0.2, 0) is 0 Å². The summed E-state index contributed by atoms with van der Waals surface area (Å²) in [7, 11) is 0. The fraction of sp³-hybridized carbons (Fsp3) is 0.500. The fourth-order valence-corrected chi connectivity index (χ4v) is 1.46. The first-order valence-corrected chi connectivity index (χ1v) is 5.18. The van der Waals surface area contributed by atoms with Gasteiger partial charge < -0.3 is 10.5 Å². The lowest BCUT2D eigenvalue weighted by Crippen LogP contribution is -2.08. The predicted octanol–water partition coefficient (Wildman–Crippen LogP) is 2.80. The second-order valence-electron chi connectivity index (χ2n) is 3.47. The third-order valence-electron chi connectivity index (χ3n) is 2.37. The summed E-state index contributed by atoms with van der Waals surface area (Å²) in [5.41, 5.74) is 8.30. The van der Waals surface area contributed by atoms with E-state index in [2.05, 4.69) is 19.9 Å². The maximum atomic E-state index is 5.95. The average Bonchev–Trinajstić information content (AvgIpc) is 2.20. The molecule has 0 saturated heterocycles. The Morgan fingerprint density at radius 2 is 2.07 bits per heavy atom. The molecule has 0 aliphatic heterocycles. The van der Waals surface area contributed by atoms with Gasteiger partial charge in [0, 0.05) is 6.04 Å². The van der Waals surface area contributed by atoms with Gasteiger partial charge >= 0.3 is 0 Å². The molecular formula is C12H19NO. The highest BCUT2D eigenvalue weighted by molar-refractivity contribution is 5.37. The Bertz CT molecular complexity index is 296. The van der Waals surface area contributed by atoms with Gasteiger partial charge in [-0.15, -0.1) is 0 Å². The molecule has 78 valence electrons. The minimum Gasteiger partial charge on any atom is -0.494 e. The standard InChI is InChI=1S/C12H19NO/c1-4-11(13)10-6-7-12(14-5-2)9(3)8-10/h6-8,11H,4-5,13H2,1-3H3/t11-/m1/s1. The third-order valence-corrected chi connectivity index (χ3v) is 2.37. The van der Waals surface area contributed by atoms with Crippen molar-refractivity contribution in [2.24, 2.45) is 5.73 Å². The van der Waals surface area contributed by atoms with Gasteiger partial charge in [0.05, 0.1) is 6.61 Å². The van der Waals surface area contributed by atoms with Gasteiger partial charge in [-0.05, 0) is 37.5 Å². The second kappa shape index (κ2) is 5.01. The quantitative estimate of drug-likeness (QED) is 0.798. The largest absolute Gasteiger partial charge is 0.494 e. The van der Waals surface area contributed by atoms with Crippen LogP contribution in [0.4, 0.5) is 0 Å². The summed E-state index contributed by atoms with van der Waals surface area (Å²) in [6.07, 6.45) is 0.966. The van der Waals surface area contributed by atoms with Crippen molar-refractivity contribution in [2.45, 2.75) is 33.2 Å². The van der Waals surface area contributed by atoms with E-state index in [4.69, 9.17) is 10.5 Å². The first-order chi connectivity index (χ1) is 6.69. The number of benzene rings is 1. The zero-order valence-electron chi connectivity index (χ0n) is 9.21. The van der Waals surface area contributed by atoms with Crippen molar-refractivity contribution >= 4 is 0 Å². The van der Waals surface area contributed by atoms with Gasteiger partial charge in [0.1, 0.15) is 5.75 Å². The summed E-state index contributed by atoms with van der Waals surface area (Å²) in [6.45, 7) is 6.85. The lowest BCUT2D eigenvalue weighted by molar-refractivity contribution is 0.337. The maximum Gasteiger partial charge on any atom is 0.122 e. The maximum absolute atomic E-state index is 5.95. The molecule has 0 amide bonds. The minimum absolute atomic E-state index is 0.143. The predicted molar refractivity (Wildman–Crippen MR) is 59.6 cm³/mol. The molecule has 0 aliphatic carbocycles. The Kier molecular flexibility index (Phi) is 3.96. The molecule has 1 aromatic rings. The molecule has 14 heavy (non-hydrogen) atoms. The first-order valence-electron chi connectivity index (χ1n) is 5.18. The Labute approximate surface area is 86.1 Å². The number of hydrogen-bond donors (Lipinski definition) is 1. The van der Waals surface area contributed by atoms with Crippen molar-refractivity contribution in [2.75, 3.05) is 6.61 Å². The molecule has 1 atom stereocenters. The molecule has 0 radical (unpaired) electrons. The zero-order valence-corrected chi connectivity index (χ0v) is 9.21. The molecule has 0 aromatic heterocycles. The van der Waals surface area contributed by atoms with Crippen molar-refractivity contribution < 1.29 is 4.74 Å². The Morgan fingerprint density at radius 3 is 2.57 bits per heavy atom. The van der Waals surface area contributed by atoms with Gasteiger partial charge in [0.15, 0.2) is 0 Å². The van der Waals surface area contributed by atoms with Crippen molar-refractivity contribution in [1.82, 2.24) is 0 Å². The number of nitrogens with two attached hydrogens (primary N) is 1. The molecule has 1 rings (SSSR count). The highest BCUT2D eigenvalue weighted by atomic mass is 16.5. The highest BCUT2D eigenvalue weighted by Gasteiger charge is 2.05. The van der Waals surface area contributed by atoms with Crippen LogP contribution in [-0.4, -0.2) is 6.61 Å². The van der Waals surface area contributed by atoms with Crippen LogP contribution in [0.3, 0.4) is 0 Å². The Hall–Kier alpha value is -1.02. The van der Waals surface area contributed by atoms with Gasteiger partial charge in [-0.3, -0.25) is 0 Å². The van der Waals surface area contributed by atoms with Gasteiger partial charge in [0.25, 0.3) is 0 Å². The zero-order chi connectivity index (χ0) is 10.6. The van der Waals surface area contributed by atoms with E-state index in [0.29, 0.717) is 6.61 Å². The number of ether oxygens (including phenoxy) is 1. The van der Waals surface area contributed by atoms with E-state index in [0.717, 1.165) is 17.7 Å². The fourth-order valence-electron chi connectivity index (χ4n) is 1.46. The summed E-state index contributed by atoms with van der Waals surface area (Å²) >= 11 is 0. The van der Waals surface area contributed by atoms with Crippen molar-refractivity contribution in [1.29, 1.82) is 0 Å². The highest BCUT2D eigenvalue weighted by Crippen LogP contribution is 2.22. The summed E-state index contributed by atoms with van der Waals surface area (Å²) < 4.78 is 5.46. The van der Waals surface area contributed by atoms with Gasteiger partial charge in [-0.2, -0.15) is 0 Å². The molecule has 0 heterocycles.